The molecule has 3 rings (SSSR count). The van der Waals surface area contributed by atoms with Gasteiger partial charge in [-0.2, -0.15) is 0 Å². The van der Waals surface area contributed by atoms with E-state index >= 15 is 0 Å². The van der Waals surface area contributed by atoms with Crippen LogP contribution in [0.15, 0.2) is 36.4 Å². The first-order valence-electron chi connectivity index (χ1n) is 6.39. The van der Waals surface area contributed by atoms with Gasteiger partial charge in [0, 0.05) is 40.1 Å². The van der Waals surface area contributed by atoms with Crippen LogP contribution in [0.4, 0.5) is 5.69 Å². The second kappa shape index (κ2) is 3.75. The van der Waals surface area contributed by atoms with Gasteiger partial charge in [-0.25, -0.2) is 0 Å². The smallest absolute Gasteiger partial charge is 0.0861 e. The van der Waals surface area contributed by atoms with E-state index in [1.807, 2.05) is 31.3 Å². The lowest BCUT2D eigenvalue weighted by molar-refractivity contribution is 0.0795. The molecule has 3 N–H and O–H groups in total. The van der Waals surface area contributed by atoms with Crippen LogP contribution in [0.25, 0.3) is 21.8 Å². The number of nitrogen functional groups attached to an aromatic ring is 1. The van der Waals surface area contributed by atoms with E-state index in [1.54, 1.807) is 13.8 Å². The minimum Gasteiger partial charge on any atom is -0.398 e. The fourth-order valence-electron chi connectivity index (χ4n) is 2.75. The van der Waals surface area contributed by atoms with E-state index in [1.165, 1.54) is 10.9 Å². The summed E-state index contributed by atoms with van der Waals surface area (Å²) in [5.74, 6) is 0. The fourth-order valence-corrected chi connectivity index (χ4v) is 2.75. The number of fused-ring (bicyclic) bond motifs is 3. The van der Waals surface area contributed by atoms with Crippen molar-refractivity contribution < 1.29 is 5.11 Å². The molecular formula is C16H18N2O. The van der Waals surface area contributed by atoms with Gasteiger partial charge in [0.15, 0.2) is 0 Å². The van der Waals surface area contributed by atoms with Crippen molar-refractivity contribution in [1.29, 1.82) is 0 Å². The predicted molar refractivity (Wildman–Crippen MR) is 80.1 cm³/mol. The molecule has 0 spiro atoms. The molecule has 0 saturated carbocycles. The molecule has 3 heteroatoms. The molecule has 0 radical (unpaired) electrons. The van der Waals surface area contributed by atoms with Crippen LogP contribution in [0, 0.1) is 0 Å². The fraction of sp³-hybridized carbons (Fsp3) is 0.250. The third-order valence-electron chi connectivity index (χ3n) is 3.74. The number of nitrogens with zero attached hydrogens (tertiary/aromatic N) is 1. The van der Waals surface area contributed by atoms with Gasteiger partial charge < -0.3 is 15.4 Å². The summed E-state index contributed by atoms with van der Waals surface area (Å²) in [5.41, 5.74) is 8.83. The topological polar surface area (TPSA) is 51.2 Å². The lowest BCUT2D eigenvalue weighted by Crippen LogP contribution is -2.17. The summed E-state index contributed by atoms with van der Waals surface area (Å²) >= 11 is 0. The molecule has 0 aliphatic heterocycles. The van der Waals surface area contributed by atoms with E-state index < -0.39 is 5.60 Å². The maximum Gasteiger partial charge on any atom is 0.0861 e. The number of rotatable bonds is 1. The molecule has 0 unspecified atom stereocenters. The summed E-state index contributed by atoms with van der Waals surface area (Å²) in [7, 11) is 2.04. The molecule has 3 aromatic rings. The molecule has 0 saturated heterocycles. The molecule has 0 aliphatic carbocycles. The first-order valence-corrected chi connectivity index (χ1v) is 6.39. The summed E-state index contributed by atoms with van der Waals surface area (Å²) in [6.07, 6.45) is 0. The number of nitrogens with two attached hydrogens (primary N) is 1. The van der Waals surface area contributed by atoms with Crippen molar-refractivity contribution in [2.45, 2.75) is 19.4 Å². The quantitative estimate of drug-likeness (QED) is 0.655. The van der Waals surface area contributed by atoms with E-state index in [-0.39, 0.29) is 0 Å². The molecule has 0 aliphatic rings. The van der Waals surface area contributed by atoms with Crippen molar-refractivity contribution in [1.82, 2.24) is 4.57 Å². The van der Waals surface area contributed by atoms with Crippen LogP contribution in [0.1, 0.15) is 19.4 Å². The normalized spacial score (nSPS) is 12.4. The Morgan fingerprint density at radius 3 is 2.42 bits per heavy atom. The molecule has 2 aromatic carbocycles. The summed E-state index contributed by atoms with van der Waals surface area (Å²) in [6.45, 7) is 3.51. The number of aromatic nitrogens is 1. The second-order valence-electron chi connectivity index (χ2n) is 5.59. The van der Waals surface area contributed by atoms with Gasteiger partial charge in [0.05, 0.1) is 5.60 Å². The van der Waals surface area contributed by atoms with E-state index in [2.05, 4.69) is 16.7 Å². The predicted octanol–water partition coefficient (Wildman–Crippen LogP) is 3.14. The zero-order valence-corrected chi connectivity index (χ0v) is 11.4. The third-order valence-corrected chi connectivity index (χ3v) is 3.74. The van der Waals surface area contributed by atoms with Crippen molar-refractivity contribution in [3.63, 3.8) is 0 Å². The Labute approximate surface area is 112 Å². The highest BCUT2D eigenvalue weighted by Gasteiger charge is 2.21. The largest absolute Gasteiger partial charge is 0.398 e. The number of para-hydroxylation sites is 1. The molecule has 0 bridgehead atoms. The number of hydrogen-bond donors (Lipinski definition) is 2. The van der Waals surface area contributed by atoms with Gasteiger partial charge in [0.1, 0.15) is 0 Å². The Morgan fingerprint density at radius 1 is 1.05 bits per heavy atom. The van der Waals surface area contributed by atoms with E-state index in [0.717, 1.165) is 16.5 Å². The van der Waals surface area contributed by atoms with Crippen LogP contribution in [-0.2, 0) is 12.6 Å². The Hall–Kier alpha value is -2.00. The molecule has 98 valence electrons. The van der Waals surface area contributed by atoms with Crippen molar-refractivity contribution in [3.8, 4) is 0 Å². The van der Waals surface area contributed by atoms with Crippen LogP contribution >= 0.6 is 0 Å². The van der Waals surface area contributed by atoms with Crippen LogP contribution in [0.2, 0.25) is 0 Å². The number of hydrogen-bond acceptors (Lipinski definition) is 2. The van der Waals surface area contributed by atoms with Gasteiger partial charge in [-0.05, 0) is 32.0 Å². The van der Waals surface area contributed by atoms with Gasteiger partial charge in [-0.15, -0.1) is 0 Å². The standard InChI is InChI=1S/C16H18N2O/c1-16(2,19)12-9-15-11(8-13(12)17)10-6-4-5-7-14(10)18(15)3/h4-9,19H,17H2,1-3H3. The van der Waals surface area contributed by atoms with Gasteiger partial charge in [0.2, 0.25) is 0 Å². The number of benzene rings is 2. The first kappa shape index (κ1) is 12.1. The van der Waals surface area contributed by atoms with Gasteiger partial charge in [-0.3, -0.25) is 0 Å². The van der Waals surface area contributed by atoms with Crippen molar-refractivity contribution in [3.05, 3.63) is 42.0 Å². The van der Waals surface area contributed by atoms with Crippen LogP contribution in [0.3, 0.4) is 0 Å². The van der Waals surface area contributed by atoms with Gasteiger partial charge in [0.25, 0.3) is 0 Å². The van der Waals surface area contributed by atoms with Crippen molar-refractivity contribution in [2.75, 3.05) is 5.73 Å². The molecule has 1 aromatic heterocycles. The maximum atomic E-state index is 10.2. The highest BCUT2D eigenvalue weighted by atomic mass is 16.3. The molecule has 0 amide bonds. The number of anilines is 1. The Bertz CT molecular complexity index is 779. The zero-order valence-electron chi connectivity index (χ0n) is 11.4. The number of aryl methyl sites for hydroxylation is 1. The zero-order chi connectivity index (χ0) is 13.8. The Balaban J connectivity index is 2.48. The molecule has 1 heterocycles. The SMILES string of the molecule is Cn1c2ccccc2c2cc(N)c(C(C)(C)O)cc21. The highest BCUT2D eigenvalue weighted by molar-refractivity contribution is 6.09. The van der Waals surface area contributed by atoms with Gasteiger partial charge >= 0.3 is 0 Å². The molecular weight excluding hydrogens is 236 g/mol. The highest BCUT2D eigenvalue weighted by Crippen LogP contribution is 2.35. The van der Waals surface area contributed by atoms with Crippen molar-refractivity contribution in [2.24, 2.45) is 7.05 Å². The Kier molecular flexibility index (Phi) is 2.38. The molecule has 19 heavy (non-hydrogen) atoms. The van der Waals surface area contributed by atoms with E-state index in [9.17, 15) is 5.11 Å². The second-order valence-corrected chi connectivity index (χ2v) is 5.59. The Morgan fingerprint density at radius 2 is 1.74 bits per heavy atom. The lowest BCUT2D eigenvalue weighted by atomic mass is 9.95. The average Bonchev–Trinajstić information content (AvgIpc) is 2.61. The molecule has 3 nitrogen and oxygen atoms in total. The van der Waals surface area contributed by atoms with E-state index in [0.29, 0.717) is 5.69 Å². The van der Waals surface area contributed by atoms with Crippen LogP contribution in [0.5, 0.6) is 0 Å². The van der Waals surface area contributed by atoms with Crippen LogP contribution < -0.4 is 5.73 Å². The summed E-state index contributed by atoms with van der Waals surface area (Å²) < 4.78 is 2.14. The monoisotopic (exact) mass is 254 g/mol. The van der Waals surface area contributed by atoms with E-state index in [4.69, 9.17) is 5.73 Å². The minimum absolute atomic E-state index is 0.636. The molecule has 0 atom stereocenters. The summed E-state index contributed by atoms with van der Waals surface area (Å²) in [5, 5.41) is 12.5. The summed E-state index contributed by atoms with van der Waals surface area (Å²) in [6, 6.07) is 12.2. The van der Waals surface area contributed by atoms with Crippen molar-refractivity contribution >= 4 is 27.5 Å². The van der Waals surface area contributed by atoms with Crippen LogP contribution in [-0.4, -0.2) is 9.67 Å². The summed E-state index contributed by atoms with van der Waals surface area (Å²) in [4.78, 5) is 0. The number of aliphatic hydroxyl groups is 1. The maximum absolute atomic E-state index is 10.2. The lowest BCUT2D eigenvalue weighted by Gasteiger charge is -2.20. The molecule has 0 fully saturated rings. The first-order chi connectivity index (χ1) is 8.89. The average molecular weight is 254 g/mol. The van der Waals surface area contributed by atoms with Gasteiger partial charge in [-0.1, -0.05) is 18.2 Å². The third kappa shape index (κ3) is 1.70. The minimum atomic E-state index is -0.936.